The first-order valence-electron chi connectivity index (χ1n) is 7.35. The van der Waals surface area contributed by atoms with Crippen LogP contribution in [0.3, 0.4) is 0 Å². The van der Waals surface area contributed by atoms with Crippen LogP contribution in [-0.4, -0.2) is 36.7 Å². The minimum atomic E-state index is -0.0407. The van der Waals surface area contributed by atoms with Crippen LogP contribution in [0, 0.1) is 0 Å². The van der Waals surface area contributed by atoms with E-state index in [4.69, 9.17) is 4.74 Å². The van der Waals surface area contributed by atoms with Crippen molar-refractivity contribution in [1.82, 2.24) is 10.3 Å². The van der Waals surface area contributed by atoms with Crippen LogP contribution in [0.5, 0.6) is 0 Å². The quantitative estimate of drug-likeness (QED) is 0.940. The first-order valence-corrected chi connectivity index (χ1v) is 8.23. The molecule has 1 amide bonds. The number of hydrogen-bond acceptors (Lipinski definition) is 5. The lowest BCUT2D eigenvalue weighted by molar-refractivity contribution is 0.0529. The van der Waals surface area contributed by atoms with Crippen LogP contribution in [0.1, 0.15) is 22.2 Å². The molecule has 22 heavy (non-hydrogen) atoms. The first-order chi connectivity index (χ1) is 10.7. The Kier molecular flexibility index (Phi) is 4.70. The van der Waals surface area contributed by atoms with Gasteiger partial charge in [0.2, 0.25) is 0 Å². The van der Waals surface area contributed by atoms with Gasteiger partial charge >= 0.3 is 0 Å². The normalized spacial score (nSPS) is 18.2. The first kappa shape index (κ1) is 15.0. The number of carbonyl (C=O) groups is 1. The van der Waals surface area contributed by atoms with E-state index in [0.717, 1.165) is 36.0 Å². The SMILES string of the molecule is C[C@@H]1CN(c2ccc(CNC(=O)c3cccs3)cn2)CCO1. The maximum Gasteiger partial charge on any atom is 0.261 e. The van der Waals surface area contributed by atoms with Crippen molar-refractivity contribution in [3.05, 3.63) is 46.3 Å². The molecule has 1 fully saturated rings. The van der Waals surface area contributed by atoms with Crippen molar-refractivity contribution in [1.29, 1.82) is 0 Å². The highest BCUT2D eigenvalue weighted by Crippen LogP contribution is 2.15. The average Bonchev–Trinajstić information content (AvgIpc) is 3.08. The zero-order valence-electron chi connectivity index (χ0n) is 12.5. The number of anilines is 1. The molecule has 0 saturated carbocycles. The molecule has 3 rings (SSSR count). The molecule has 0 unspecified atom stereocenters. The second kappa shape index (κ2) is 6.89. The van der Waals surface area contributed by atoms with Crippen molar-refractivity contribution >= 4 is 23.1 Å². The van der Waals surface area contributed by atoms with E-state index >= 15 is 0 Å². The highest BCUT2D eigenvalue weighted by atomic mass is 32.1. The molecule has 2 aromatic rings. The number of carbonyl (C=O) groups excluding carboxylic acids is 1. The average molecular weight is 317 g/mol. The second-order valence-electron chi connectivity index (χ2n) is 5.31. The summed E-state index contributed by atoms with van der Waals surface area (Å²) in [4.78, 5) is 19.3. The number of rotatable bonds is 4. The lowest BCUT2D eigenvalue weighted by Gasteiger charge is -2.32. The standard InChI is InChI=1S/C16H19N3O2S/c1-12-11-19(6-7-21-12)15-5-4-13(9-17-15)10-18-16(20)14-3-2-8-22-14/h2-5,8-9,12H,6-7,10-11H2,1H3,(H,18,20)/t12-/m1/s1. The number of hydrogen-bond donors (Lipinski definition) is 1. The molecule has 0 radical (unpaired) electrons. The Morgan fingerprint density at radius 2 is 2.41 bits per heavy atom. The van der Waals surface area contributed by atoms with Crippen LogP contribution < -0.4 is 10.2 Å². The van der Waals surface area contributed by atoms with Crippen LogP contribution in [0.25, 0.3) is 0 Å². The largest absolute Gasteiger partial charge is 0.375 e. The van der Waals surface area contributed by atoms with Crippen LogP contribution in [0.15, 0.2) is 35.8 Å². The Labute approximate surface area is 133 Å². The summed E-state index contributed by atoms with van der Waals surface area (Å²) in [6.45, 7) is 5.03. The minimum absolute atomic E-state index is 0.0407. The maximum atomic E-state index is 11.9. The predicted molar refractivity (Wildman–Crippen MR) is 87.4 cm³/mol. The smallest absolute Gasteiger partial charge is 0.261 e. The Bertz CT molecular complexity index is 613. The number of morpholine rings is 1. The highest BCUT2D eigenvalue weighted by Gasteiger charge is 2.17. The van der Waals surface area contributed by atoms with Crippen LogP contribution in [0.2, 0.25) is 0 Å². The van der Waals surface area contributed by atoms with Gasteiger partial charge in [-0.1, -0.05) is 12.1 Å². The number of amides is 1. The summed E-state index contributed by atoms with van der Waals surface area (Å²) in [5, 5.41) is 4.80. The molecule has 1 saturated heterocycles. The number of nitrogens with one attached hydrogen (secondary N) is 1. The summed E-state index contributed by atoms with van der Waals surface area (Å²) in [5.41, 5.74) is 0.995. The van der Waals surface area contributed by atoms with E-state index in [9.17, 15) is 4.79 Å². The topological polar surface area (TPSA) is 54.5 Å². The molecule has 0 aliphatic carbocycles. The van der Waals surface area contributed by atoms with Crippen LogP contribution in [-0.2, 0) is 11.3 Å². The number of nitrogens with zero attached hydrogens (tertiary/aromatic N) is 2. The third-order valence-electron chi connectivity index (χ3n) is 3.57. The molecular weight excluding hydrogens is 298 g/mol. The Morgan fingerprint density at radius 1 is 1.50 bits per heavy atom. The lowest BCUT2D eigenvalue weighted by atomic mass is 10.2. The van der Waals surface area contributed by atoms with Gasteiger partial charge in [-0.2, -0.15) is 0 Å². The van der Waals surface area contributed by atoms with Crippen LogP contribution in [0.4, 0.5) is 5.82 Å². The minimum Gasteiger partial charge on any atom is -0.375 e. The third kappa shape index (κ3) is 3.64. The van der Waals surface area contributed by atoms with Gasteiger partial charge in [-0.3, -0.25) is 4.79 Å². The molecule has 1 N–H and O–H groups in total. The molecule has 0 bridgehead atoms. The van der Waals surface area contributed by atoms with Gasteiger partial charge in [0.05, 0.1) is 17.6 Å². The molecule has 3 heterocycles. The van der Waals surface area contributed by atoms with Gasteiger partial charge in [-0.15, -0.1) is 11.3 Å². The summed E-state index contributed by atoms with van der Waals surface area (Å²) >= 11 is 1.44. The lowest BCUT2D eigenvalue weighted by Crippen LogP contribution is -2.41. The Morgan fingerprint density at radius 3 is 3.09 bits per heavy atom. The molecule has 2 aromatic heterocycles. The van der Waals surface area contributed by atoms with Crippen molar-refractivity contribution in [2.45, 2.75) is 19.6 Å². The third-order valence-corrected chi connectivity index (χ3v) is 4.44. The zero-order valence-corrected chi connectivity index (χ0v) is 13.3. The molecule has 1 atom stereocenters. The molecule has 0 aromatic carbocycles. The highest BCUT2D eigenvalue weighted by molar-refractivity contribution is 7.12. The fourth-order valence-electron chi connectivity index (χ4n) is 2.41. The van der Waals surface area contributed by atoms with E-state index in [1.54, 1.807) is 0 Å². The van der Waals surface area contributed by atoms with Crippen molar-refractivity contribution in [2.24, 2.45) is 0 Å². The second-order valence-corrected chi connectivity index (χ2v) is 6.26. The number of pyridine rings is 1. The summed E-state index contributed by atoms with van der Waals surface area (Å²) in [6.07, 6.45) is 2.06. The Balaban J connectivity index is 1.56. The van der Waals surface area contributed by atoms with Crippen molar-refractivity contribution < 1.29 is 9.53 Å². The van der Waals surface area contributed by atoms with Gasteiger partial charge in [0.15, 0.2) is 0 Å². The predicted octanol–water partition coefficient (Wildman–Crippen LogP) is 2.30. The van der Waals surface area contributed by atoms with E-state index in [-0.39, 0.29) is 12.0 Å². The fraction of sp³-hybridized carbons (Fsp3) is 0.375. The van der Waals surface area contributed by atoms with E-state index in [0.29, 0.717) is 6.54 Å². The maximum absolute atomic E-state index is 11.9. The summed E-state index contributed by atoms with van der Waals surface area (Å²) in [6, 6.07) is 7.71. The number of aromatic nitrogens is 1. The van der Waals surface area contributed by atoms with Gasteiger partial charge in [-0.05, 0) is 30.0 Å². The molecule has 1 aliphatic heterocycles. The summed E-state index contributed by atoms with van der Waals surface area (Å²) in [7, 11) is 0. The van der Waals surface area contributed by atoms with Crippen molar-refractivity contribution in [3.63, 3.8) is 0 Å². The molecule has 5 nitrogen and oxygen atoms in total. The van der Waals surface area contributed by atoms with Gasteiger partial charge in [0.25, 0.3) is 5.91 Å². The summed E-state index contributed by atoms with van der Waals surface area (Å²) in [5.74, 6) is 0.921. The van der Waals surface area contributed by atoms with E-state index < -0.39 is 0 Å². The molecule has 1 aliphatic rings. The van der Waals surface area contributed by atoms with Gasteiger partial charge in [0, 0.05) is 25.8 Å². The van der Waals surface area contributed by atoms with E-state index in [1.165, 1.54) is 11.3 Å². The van der Waals surface area contributed by atoms with E-state index in [1.807, 2.05) is 35.8 Å². The summed E-state index contributed by atoms with van der Waals surface area (Å²) < 4.78 is 5.54. The molecule has 6 heteroatoms. The van der Waals surface area contributed by atoms with Gasteiger partial charge < -0.3 is 15.0 Å². The number of thiophene rings is 1. The van der Waals surface area contributed by atoms with Crippen LogP contribution >= 0.6 is 11.3 Å². The van der Waals surface area contributed by atoms with Crippen molar-refractivity contribution in [2.75, 3.05) is 24.6 Å². The van der Waals surface area contributed by atoms with Gasteiger partial charge in [-0.25, -0.2) is 4.98 Å². The fourth-order valence-corrected chi connectivity index (χ4v) is 3.05. The molecule has 116 valence electrons. The Hall–Kier alpha value is -1.92. The van der Waals surface area contributed by atoms with Gasteiger partial charge in [0.1, 0.15) is 5.82 Å². The zero-order chi connectivity index (χ0) is 15.4. The number of ether oxygens (including phenoxy) is 1. The van der Waals surface area contributed by atoms with E-state index in [2.05, 4.69) is 22.1 Å². The monoisotopic (exact) mass is 317 g/mol. The van der Waals surface area contributed by atoms with Crippen molar-refractivity contribution in [3.8, 4) is 0 Å². The molecular formula is C16H19N3O2S. The molecule has 0 spiro atoms.